The zero-order valence-corrected chi connectivity index (χ0v) is 46.7. The first-order valence-electron chi connectivity index (χ1n) is 27.7. The highest BCUT2D eigenvalue weighted by Crippen LogP contribution is 2.33. The number of aliphatic hydroxyl groups excluding tert-OH is 1. The van der Waals surface area contributed by atoms with Crippen LogP contribution in [-0.2, 0) is 43.2 Å². The van der Waals surface area contributed by atoms with Crippen LogP contribution in [-0.4, -0.2) is 113 Å². The van der Waals surface area contributed by atoms with E-state index in [2.05, 4.69) is 37.2 Å². The molecule has 8 N–H and O–H groups in total. The van der Waals surface area contributed by atoms with Crippen LogP contribution in [0.4, 0.5) is 9.59 Å². The second-order valence-electron chi connectivity index (χ2n) is 22.0. The molecule has 4 aromatic carbocycles. The maximum absolute atomic E-state index is 14.6. The van der Waals surface area contributed by atoms with Crippen molar-refractivity contribution in [2.45, 2.75) is 159 Å². The van der Waals surface area contributed by atoms with Gasteiger partial charge in [0.1, 0.15) is 17.7 Å². The normalized spacial score (nSPS) is 17.7. The molecular formula is C61H81N7O9S. The number of carbonyl (C=O) groups excluding carboxylic acids is 7. The number of aliphatic hydroxyl groups is 1. The van der Waals surface area contributed by atoms with E-state index in [1.165, 1.54) is 0 Å². The number of hydrogen-bond acceptors (Lipinski definition) is 10. The van der Waals surface area contributed by atoms with Crippen LogP contribution in [0, 0.1) is 11.8 Å². The summed E-state index contributed by atoms with van der Waals surface area (Å²) in [5, 5.41) is 33.1. The number of fused-ring (bicyclic) bond motifs is 1. The summed E-state index contributed by atoms with van der Waals surface area (Å²) in [6.45, 7) is 9.96. The first-order valence-corrected chi connectivity index (χ1v) is 28.7. The van der Waals surface area contributed by atoms with Crippen LogP contribution < -0.4 is 37.2 Å². The van der Waals surface area contributed by atoms with Gasteiger partial charge in [0.15, 0.2) is 5.78 Å². The van der Waals surface area contributed by atoms with Crippen molar-refractivity contribution in [3.8, 4) is 0 Å². The van der Waals surface area contributed by atoms with E-state index in [1.54, 1.807) is 69.3 Å². The van der Waals surface area contributed by atoms with E-state index in [0.29, 0.717) is 47.9 Å². The van der Waals surface area contributed by atoms with Crippen molar-refractivity contribution in [3.63, 3.8) is 0 Å². The van der Waals surface area contributed by atoms with E-state index in [4.69, 9.17) is 4.74 Å². The monoisotopic (exact) mass is 1090 g/mol. The Kier molecular flexibility index (Phi) is 23.6. The molecule has 0 aliphatic carbocycles. The fourth-order valence-corrected chi connectivity index (χ4v) is 11.4. The van der Waals surface area contributed by atoms with Crippen LogP contribution in [0.25, 0.3) is 0 Å². The molecule has 16 nitrogen and oxygen atoms in total. The highest BCUT2D eigenvalue weighted by molar-refractivity contribution is 8.00. The lowest BCUT2D eigenvalue weighted by molar-refractivity contribution is -0.134. The van der Waals surface area contributed by atoms with Crippen LogP contribution in [0.1, 0.15) is 125 Å². The topological polar surface area (TPSA) is 233 Å². The first kappa shape index (κ1) is 60.5. The second kappa shape index (κ2) is 30.4. The highest BCUT2D eigenvalue weighted by atomic mass is 32.2. The average Bonchev–Trinajstić information content (AvgIpc) is 3.97. The van der Waals surface area contributed by atoms with Crippen LogP contribution in [0.15, 0.2) is 115 Å². The Hall–Kier alpha value is -6.72. The van der Waals surface area contributed by atoms with Crippen LogP contribution >= 0.6 is 11.8 Å². The van der Waals surface area contributed by atoms with E-state index in [0.717, 1.165) is 49.0 Å². The molecule has 2 saturated heterocycles. The summed E-state index contributed by atoms with van der Waals surface area (Å²) in [7, 11) is 0. The van der Waals surface area contributed by atoms with Crippen molar-refractivity contribution in [3.05, 3.63) is 143 Å². The zero-order valence-electron chi connectivity index (χ0n) is 45.9. The number of unbranched alkanes of at least 4 members (excludes halogenated alkanes) is 3. The smallest absolute Gasteiger partial charge is 0.407 e. The number of urea groups is 1. The van der Waals surface area contributed by atoms with Gasteiger partial charge in [0.05, 0.1) is 24.2 Å². The number of alkyl carbamates (subject to hydrolysis) is 1. The lowest BCUT2D eigenvalue weighted by Crippen LogP contribution is -2.56. The molecule has 8 atom stereocenters. The Morgan fingerprint density at radius 2 is 1.23 bits per heavy atom. The Bertz CT molecular complexity index is 2570. The maximum Gasteiger partial charge on any atom is 0.407 e. The molecule has 2 aliphatic rings. The minimum Gasteiger partial charge on any atom is -0.444 e. The molecule has 0 spiro atoms. The molecule has 0 radical (unpaired) electrons. The summed E-state index contributed by atoms with van der Waals surface area (Å²) in [5.41, 5.74) is 2.63. The van der Waals surface area contributed by atoms with Crippen molar-refractivity contribution in [2.24, 2.45) is 11.8 Å². The van der Waals surface area contributed by atoms with Gasteiger partial charge in [-0.25, -0.2) is 9.59 Å². The van der Waals surface area contributed by atoms with Gasteiger partial charge < -0.3 is 47.1 Å². The predicted octanol–water partition coefficient (Wildman–Crippen LogP) is 7.35. The molecule has 0 unspecified atom stereocenters. The fourth-order valence-electron chi connectivity index (χ4n) is 9.86. The number of ether oxygens (including phenoxy) is 1. The van der Waals surface area contributed by atoms with Crippen molar-refractivity contribution in [1.29, 1.82) is 0 Å². The quantitative estimate of drug-likeness (QED) is 0.0147. The summed E-state index contributed by atoms with van der Waals surface area (Å²) < 4.78 is 5.57. The summed E-state index contributed by atoms with van der Waals surface area (Å²) in [5.74, 6) is -1.57. The molecule has 2 aliphatic heterocycles. The van der Waals surface area contributed by atoms with Gasteiger partial charge in [-0.3, -0.25) is 24.0 Å². The summed E-state index contributed by atoms with van der Waals surface area (Å²) in [6, 6.07) is 32.0. The zero-order chi connectivity index (χ0) is 56.0. The third-order valence-electron chi connectivity index (χ3n) is 13.9. The van der Waals surface area contributed by atoms with E-state index in [-0.39, 0.29) is 67.8 Å². The Morgan fingerprint density at radius 3 is 1.87 bits per heavy atom. The van der Waals surface area contributed by atoms with Crippen molar-refractivity contribution < 1.29 is 43.4 Å². The van der Waals surface area contributed by atoms with Gasteiger partial charge in [-0.2, -0.15) is 11.8 Å². The number of hydrogen-bond donors (Lipinski definition) is 8. The largest absolute Gasteiger partial charge is 0.444 e. The predicted molar refractivity (Wildman–Crippen MR) is 305 cm³/mol. The minimum absolute atomic E-state index is 0.00322. The molecule has 0 aromatic heterocycles. The summed E-state index contributed by atoms with van der Waals surface area (Å²) in [6.07, 6.45) is 4.02. The van der Waals surface area contributed by atoms with Gasteiger partial charge in [0, 0.05) is 54.0 Å². The van der Waals surface area contributed by atoms with E-state index < -0.39 is 59.6 Å². The van der Waals surface area contributed by atoms with E-state index >= 15 is 0 Å². The molecule has 2 fully saturated rings. The van der Waals surface area contributed by atoms with Crippen LogP contribution in [0.3, 0.4) is 0 Å². The SMILES string of the molecule is CC(C)C[C@H](NC(=O)[C@H](Cc1ccccc1)C[C@@H](O)[C@H](Cc1ccccc1)NC(=O)OC(C)(C)C)C(=O)N[C@@H](Cc1ccc(C(=O)c2ccccc2)cc1)C(=O)NCCCCCNC(=O)CCCC[C@@H]1SC[C@@H]2NC(=O)N[C@@H]21. The van der Waals surface area contributed by atoms with Gasteiger partial charge in [-0.1, -0.05) is 136 Å². The number of ketones is 1. The fraction of sp³-hybridized carbons (Fsp3) is 0.492. The molecular weight excluding hydrogens is 1010 g/mol. The molecule has 6 rings (SSSR count). The molecule has 7 amide bonds. The van der Waals surface area contributed by atoms with Crippen LogP contribution in [0.5, 0.6) is 0 Å². The number of rotatable bonds is 30. The Balaban J connectivity index is 1.09. The summed E-state index contributed by atoms with van der Waals surface area (Å²) in [4.78, 5) is 94.0. The first-order chi connectivity index (χ1) is 37.4. The number of nitrogens with one attached hydrogen (secondary N) is 7. The van der Waals surface area contributed by atoms with E-state index in [9.17, 15) is 38.7 Å². The summed E-state index contributed by atoms with van der Waals surface area (Å²) >= 11 is 1.87. The standard InChI is InChI=1S/C61H81N7O9S/c1-40(2)34-48(64-56(72)46(35-41-20-10-6-11-21-41)38-51(69)47(36-42-22-12-7-13-23-42)67-60(76)77-61(3,4)5)58(74)65-49(37-43-28-30-45(31-29-43)55(71)44-24-14-8-15-25-44)57(73)63-33-19-9-18-32-62-53(70)27-17-16-26-52-54-50(39-78-52)66-59(75)68-54/h6-8,10-15,20-25,28-31,40,46-52,54,69H,9,16-19,26-27,32-39H2,1-5H3,(H,62,70)(H,63,73)(H,64,72)(H,65,74)(H,67,76)(H2,66,68,75)/t46-,47+,48+,49+,50+,51-,52+,54+/m1/s1. The van der Waals surface area contributed by atoms with Gasteiger partial charge in [-0.15, -0.1) is 0 Å². The van der Waals surface area contributed by atoms with Crippen molar-refractivity contribution >= 4 is 53.3 Å². The van der Waals surface area contributed by atoms with Crippen molar-refractivity contribution in [2.75, 3.05) is 18.8 Å². The molecule has 17 heteroatoms. The van der Waals surface area contributed by atoms with Gasteiger partial charge in [0.2, 0.25) is 23.6 Å². The third-order valence-corrected chi connectivity index (χ3v) is 15.4. The van der Waals surface area contributed by atoms with Gasteiger partial charge >= 0.3 is 12.1 Å². The number of amides is 7. The molecule has 78 heavy (non-hydrogen) atoms. The average molecular weight is 1090 g/mol. The molecule has 420 valence electrons. The third kappa shape index (κ3) is 20.3. The van der Waals surface area contributed by atoms with Gasteiger partial charge in [0.25, 0.3) is 0 Å². The number of carbonyl (C=O) groups is 7. The van der Waals surface area contributed by atoms with E-state index in [1.807, 2.05) is 92.3 Å². The Labute approximate surface area is 464 Å². The lowest BCUT2D eigenvalue weighted by atomic mass is 9.88. The number of benzene rings is 4. The van der Waals surface area contributed by atoms with Gasteiger partial charge in [-0.05, 0) is 101 Å². The Morgan fingerprint density at radius 1 is 0.641 bits per heavy atom. The second-order valence-corrected chi connectivity index (χ2v) is 23.3. The number of thioether (sulfide) groups is 1. The molecule has 0 saturated carbocycles. The van der Waals surface area contributed by atoms with Crippen LogP contribution in [0.2, 0.25) is 0 Å². The minimum atomic E-state index is -1.20. The van der Waals surface area contributed by atoms with Crippen molar-refractivity contribution in [1.82, 2.24) is 37.2 Å². The molecule has 2 heterocycles. The highest BCUT2D eigenvalue weighted by Gasteiger charge is 2.42. The molecule has 0 bridgehead atoms. The maximum atomic E-state index is 14.6. The molecule has 4 aromatic rings. The lowest BCUT2D eigenvalue weighted by Gasteiger charge is -2.30.